The molecule has 1 aromatic heterocycles. The van der Waals surface area contributed by atoms with Crippen molar-refractivity contribution in [2.45, 2.75) is 13.1 Å². The number of alkyl halides is 3. The second-order valence-corrected chi connectivity index (χ2v) is 3.83. The smallest absolute Gasteiger partial charge is 0.423 e. The Morgan fingerprint density at radius 2 is 1.90 bits per heavy atom. The predicted molar refractivity (Wildman–Crippen MR) is 67.9 cm³/mol. The number of halogens is 3. The lowest BCUT2D eigenvalue weighted by Gasteiger charge is -2.13. The summed E-state index contributed by atoms with van der Waals surface area (Å²) in [7, 11) is 0. The minimum absolute atomic E-state index is 0.0487. The molecule has 1 N–H and O–H groups in total. The lowest BCUT2D eigenvalue weighted by molar-refractivity contribution is -0.139. The average Bonchev–Trinajstić information content (AvgIpc) is 2.39. The summed E-state index contributed by atoms with van der Waals surface area (Å²) >= 11 is 0. The second-order valence-electron chi connectivity index (χ2n) is 3.83. The number of para-hydroxylation sites is 1. The number of rotatable bonds is 4. The summed E-state index contributed by atoms with van der Waals surface area (Å²) < 4.78 is 43.2. The maximum atomic E-state index is 12.7. The molecule has 2 rings (SSSR count). The molecule has 106 valence electrons. The van der Waals surface area contributed by atoms with Crippen molar-refractivity contribution in [3.8, 4) is 5.88 Å². The predicted octanol–water partition coefficient (Wildman–Crippen LogP) is 3.64. The molecule has 0 aliphatic rings. The molecule has 0 unspecified atom stereocenters. The monoisotopic (exact) mass is 283 g/mol. The van der Waals surface area contributed by atoms with Crippen LogP contribution in [0.15, 0.2) is 36.5 Å². The number of nitrogens with one attached hydrogen (secondary N) is 1. The van der Waals surface area contributed by atoms with Crippen molar-refractivity contribution in [3.63, 3.8) is 0 Å². The van der Waals surface area contributed by atoms with Crippen LogP contribution in [0, 0.1) is 0 Å². The number of hydrogen-bond donors (Lipinski definition) is 1. The van der Waals surface area contributed by atoms with Gasteiger partial charge in [-0.1, -0.05) is 18.2 Å². The molecule has 0 amide bonds. The van der Waals surface area contributed by atoms with Gasteiger partial charge in [0.2, 0.25) is 11.8 Å². The van der Waals surface area contributed by atoms with E-state index in [0.29, 0.717) is 11.9 Å². The first kappa shape index (κ1) is 14.1. The van der Waals surface area contributed by atoms with Crippen molar-refractivity contribution in [2.75, 3.05) is 11.9 Å². The Balaban J connectivity index is 2.30. The lowest BCUT2D eigenvalue weighted by atomic mass is 10.3. The molecule has 0 spiro atoms. The number of ether oxygens (including phenoxy) is 1. The Labute approximate surface area is 113 Å². The molecule has 1 heterocycles. The standard InChI is InChI=1S/C13H12F3N3O/c1-2-20-11-10(13(14,15)16)8-17-12(19-11)18-9-6-4-3-5-7-9/h3-8H,2H2,1H3,(H,17,18,19). The van der Waals surface area contributed by atoms with E-state index in [0.717, 1.165) is 0 Å². The van der Waals surface area contributed by atoms with E-state index < -0.39 is 17.6 Å². The fourth-order valence-corrected chi connectivity index (χ4v) is 1.52. The molecular weight excluding hydrogens is 271 g/mol. The molecule has 0 saturated carbocycles. The molecular formula is C13H12F3N3O. The van der Waals surface area contributed by atoms with Gasteiger partial charge in [-0.2, -0.15) is 18.2 Å². The minimum atomic E-state index is -4.55. The van der Waals surface area contributed by atoms with Crippen LogP contribution in [0.2, 0.25) is 0 Å². The van der Waals surface area contributed by atoms with Gasteiger partial charge < -0.3 is 10.1 Å². The van der Waals surface area contributed by atoms with Crippen LogP contribution in [0.4, 0.5) is 24.8 Å². The van der Waals surface area contributed by atoms with Gasteiger partial charge in [0.1, 0.15) is 5.56 Å². The highest BCUT2D eigenvalue weighted by Gasteiger charge is 2.36. The highest BCUT2D eigenvalue weighted by Crippen LogP contribution is 2.35. The van der Waals surface area contributed by atoms with Crippen molar-refractivity contribution < 1.29 is 17.9 Å². The summed E-state index contributed by atoms with van der Waals surface area (Å²) in [6, 6.07) is 8.90. The molecule has 20 heavy (non-hydrogen) atoms. The van der Waals surface area contributed by atoms with Gasteiger partial charge in [0.15, 0.2) is 0 Å². The fraction of sp³-hybridized carbons (Fsp3) is 0.231. The van der Waals surface area contributed by atoms with Gasteiger partial charge >= 0.3 is 6.18 Å². The molecule has 0 aliphatic heterocycles. The number of anilines is 2. The van der Waals surface area contributed by atoms with Crippen molar-refractivity contribution in [3.05, 3.63) is 42.1 Å². The van der Waals surface area contributed by atoms with E-state index in [4.69, 9.17) is 4.74 Å². The van der Waals surface area contributed by atoms with Crippen LogP contribution in [0.25, 0.3) is 0 Å². The molecule has 0 aliphatic carbocycles. The Bertz CT molecular complexity index is 573. The van der Waals surface area contributed by atoms with Gasteiger partial charge in [0, 0.05) is 11.9 Å². The first-order chi connectivity index (χ1) is 9.50. The normalized spacial score (nSPS) is 11.2. The van der Waals surface area contributed by atoms with Crippen molar-refractivity contribution in [1.82, 2.24) is 9.97 Å². The van der Waals surface area contributed by atoms with Gasteiger partial charge in [0.25, 0.3) is 0 Å². The summed E-state index contributed by atoms with van der Waals surface area (Å²) in [5.41, 5.74) is -0.312. The van der Waals surface area contributed by atoms with Gasteiger partial charge in [-0.15, -0.1) is 0 Å². The Kier molecular flexibility index (Phi) is 4.07. The van der Waals surface area contributed by atoms with E-state index in [1.807, 2.05) is 6.07 Å². The van der Waals surface area contributed by atoms with Crippen molar-refractivity contribution >= 4 is 11.6 Å². The van der Waals surface area contributed by atoms with Gasteiger partial charge in [0.05, 0.1) is 6.61 Å². The van der Waals surface area contributed by atoms with E-state index in [9.17, 15) is 13.2 Å². The first-order valence-corrected chi connectivity index (χ1v) is 5.90. The summed E-state index contributed by atoms with van der Waals surface area (Å²) in [6.45, 7) is 1.68. The van der Waals surface area contributed by atoms with E-state index in [2.05, 4.69) is 15.3 Å². The topological polar surface area (TPSA) is 47.0 Å². The van der Waals surface area contributed by atoms with Crippen LogP contribution >= 0.6 is 0 Å². The van der Waals surface area contributed by atoms with Crippen LogP contribution in [0.5, 0.6) is 5.88 Å². The quantitative estimate of drug-likeness (QED) is 0.930. The van der Waals surface area contributed by atoms with Crippen LogP contribution in [-0.2, 0) is 6.18 Å². The maximum Gasteiger partial charge on any atom is 0.423 e. The van der Waals surface area contributed by atoms with Crippen LogP contribution in [0.1, 0.15) is 12.5 Å². The minimum Gasteiger partial charge on any atom is -0.477 e. The van der Waals surface area contributed by atoms with Crippen molar-refractivity contribution in [2.24, 2.45) is 0 Å². The molecule has 0 bridgehead atoms. The Morgan fingerprint density at radius 3 is 2.50 bits per heavy atom. The van der Waals surface area contributed by atoms with E-state index >= 15 is 0 Å². The number of aromatic nitrogens is 2. The summed E-state index contributed by atoms with van der Waals surface area (Å²) in [4.78, 5) is 7.42. The molecule has 0 radical (unpaired) electrons. The Hall–Kier alpha value is -2.31. The molecule has 0 atom stereocenters. The Morgan fingerprint density at radius 1 is 1.20 bits per heavy atom. The summed E-state index contributed by atoms with van der Waals surface area (Å²) in [5, 5.41) is 2.81. The summed E-state index contributed by atoms with van der Waals surface area (Å²) in [5.74, 6) is -0.430. The molecule has 7 heteroatoms. The highest BCUT2D eigenvalue weighted by molar-refractivity contribution is 5.53. The fourth-order valence-electron chi connectivity index (χ4n) is 1.52. The molecule has 0 fully saturated rings. The highest BCUT2D eigenvalue weighted by atomic mass is 19.4. The molecule has 1 aromatic carbocycles. The third-order valence-electron chi connectivity index (χ3n) is 2.37. The molecule has 2 aromatic rings. The van der Waals surface area contributed by atoms with Crippen LogP contribution in [0.3, 0.4) is 0 Å². The second kappa shape index (κ2) is 5.77. The largest absolute Gasteiger partial charge is 0.477 e. The zero-order valence-corrected chi connectivity index (χ0v) is 10.6. The van der Waals surface area contributed by atoms with Gasteiger partial charge in [-0.3, -0.25) is 0 Å². The number of benzene rings is 1. The number of nitrogens with zero attached hydrogens (tertiary/aromatic N) is 2. The van der Waals surface area contributed by atoms with E-state index in [1.54, 1.807) is 31.2 Å². The summed E-state index contributed by atoms with van der Waals surface area (Å²) in [6.07, 6.45) is -3.83. The average molecular weight is 283 g/mol. The zero-order chi connectivity index (χ0) is 14.6. The van der Waals surface area contributed by atoms with Gasteiger partial charge in [-0.25, -0.2) is 4.98 Å². The van der Waals surface area contributed by atoms with E-state index in [-0.39, 0.29) is 12.6 Å². The molecule has 0 saturated heterocycles. The first-order valence-electron chi connectivity index (χ1n) is 5.90. The van der Waals surface area contributed by atoms with Crippen LogP contribution < -0.4 is 10.1 Å². The number of hydrogen-bond acceptors (Lipinski definition) is 4. The maximum absolute atomic E-state index is 12.7. The van der Waals surface area contributed by atoms with Gasteiger partial charge in [-0.05, 0) is 19.1 Å². The third kappa shape index (κ3) is 3.37. The molecule has 4 nitrogen and oxygen atoms in total. The SMILES string of the molecule is CCOc1nc(Nc2ccccc2)ncc1C(F)(F)F. The van der Waals surface area contributed by atoms with Crippen molar-refractivity contribution in [1.29, 1.82) is 0 Å². The van der Waals surface area contributed by atoms with E-state index in [1.165, 1.54) is 0 Å². The third-order valence-corrected chi connectivity index (χ3v) is 2.37. The lowest BCUT2D eigenvalue weighted by Crippen LogP contribution is -2.12. The zero-order valence-electron chi connectivity index (χ0n) is 10.6. The van der Waals surface area contributed by atoms with Crippen LogP contribution in [-0.4, -0.2) is 16.6 Å².